The zero-order valence-electron chi connectivity index (χ0n) is 17.5. The Morgan fingerprint density at radius 2 is 1.81 bits per heavy atom. The first-order chi connectivity index (χ1) is 14.2. The smallest absolute Gasteiger partial charge is 0.192 e. The third kappa shape index (κ3) is 4.63. The largest absolute Gasteiger partial charge is 0.356 e. The third-order valence-corrected chi connectivity index (χ3v) is 6.20. The summed E-state index contributed by atoms with van der Waals surface area (Å²) in [6, 6.07) is 16.7. The van der Waals surface area contributed by atoms with Gasteiger partial charge in [0.2, 0.25) is 0 Å². The molecule has 0 aliphatic carbocycles. The van der Waals surface area contributed by atoms with Crippen molar-refractivity contribution in [1.29, 1.82) is 0 Å². The Kier molecular flexibility index (Phi) is 6.50. The molecule has 2 aromatic carbocycles. The molecule has 1 unspecified atom stereocenters. The van der Waals surface area contributed by atoms with Crippen molar-refractivity contribution in [3.05, 3.63) is 77.0 Å². The quantitative estimate of drug-likeness (QED) is 0.471. The number of nitrogens with zero attached hydrogens (tertiary/aromatic N) is 2. The van der Waals surface area contributed by atoms with Crippen molar-refractivity contribution in [3.63, 3.8) is 0 Å². The molecule has 0 saturated heterocycles. The molecule has 2 N–H and O–H groups in total. The zero-order valence-corrected chi connectivity index (χ0v) is 19.1. The van der Waals surface area contributed by atoms with Crippen molar-refractivity contribution in [2.24, 2.45) is 5.73 Å². The van der Waals surface area contributed by atoms with Crippen molar-refractivity contribution in [2.75, 3.05) is 6.26 Å². The fraction of sp³-hybridized carbons (Fsp3) is 0.217. The number of sulfone groups is 1. The van der Waals surface area contributed by atoms with Crippen LogP contribution in [0.4, 0.5) is 0 Å². The molecule has 162 valence electrons. The molecule has 0 fully saturated rings. The van der Waals surface area contributed by atoms with Gasteiger partial charge < -0.3 is 10.3 Å². The van der Waals surface area contributed by atoms with Gasteiger partial charge in [-0.05, 0) is 48.7 Å². The fourth-order valence-electron chi connectivity index (χ4n) is 3.56. The molecule has 0 saturated carbocycles. The normalized spacial score (nSPS) is 12.5. The van der Waals surface area contributed by atoms with Crippen LogP contribution in [0.1, 0.15) is 28.4 Å². The van der Waals surface area contributed by atoms with Crippen LogP contribution in [0.5, 0.6) is 0 Å². The molecular formula is C23H24ClN3O3S. The lowest BCUT2D eigenvalue weighted by molar-refractivity contribution is 0.459. The van der Waals surface area contributed by atoms with Gasteiger partial charge >= 0.3 is 0 Å². The number of fused-ring (bicyclic) bond motifs is 1. The van der Waals surface area contributed by atoms with Crippen LogP contribution in [0.2, 0.25) is 0 Å². The van der Waals surface area contributed by atoms with Crippen LogP contribution in [-0.4, -0.2) is 24.8 Å². The van der Waals surface area contributed by atoms with Gasteiger partial charge in [0.05, 0.1) is 0 Å². The molecular weight excluding hydrogens is 434 g/mol. The number of benzene rings is 2. The van der Waals surface area contributed by atoms with Gasteiger partial charge in [-0.25, -0.2) is 13.4 Å². The highest BCUT2D eigenvalue weighted by molar-refractivity contribution is 7.90. The Labute approximate surface area is 187 Å². The molecule has 0 radical (unpaired) electrons. The molecule has 6 nitrogen and oxygen atoms in total. The van der Waals surface area contributed by atoms with Crippen molar-refractivity contribution in [2.45, 2.75) is 31.3 Å². The van der Waals surface area contributed by atoms with Gasteiger partial charge in [-0.15, -0.1) is 12.4 Å². The Bertz CT molecular complexity index is 1350. The molecule has 1 atom stereocenters. The Hall–Kier alpha value is -2.74. The third-order valence-electron chi connectivity index (χ3n) is 5.21. The first kappa shape index (κ1) is 22.9. The van der Waals surface area contributed by atoms with Crippen molar-refractivity contribution in [1.82, 2.24) is 10.1 Å². The van der Waals surface area contributed by atoms with Crippen molar-refractivity contribution in [3.8, 4) is 11.3 Å². The van der Waals surface area contributed by atoms with Crippen molar-refractivity contribution < 1.29 is 12.9 Å². The highest BCUT2D eigenvalue weighted by atomic mass is 35.5. The molecule has 4 aromatic rings. The highest BCUT2D eigenvalue weighted by Gasteiger charge is 2.20. The number of halogens is 1. The number of aryl methyl sites for hydroxylation is 2. The summed E-state index contributed by atoms with van der Waals surface area (Å²) in [5, 5.41) is 5.28. The Morgan fingerprint density at radius 3 is 2.55 bits per heavy atom. The van der Waals surface area contributed by atoms with E-state index in [1.54, 1.807) is 6.07 Å². The number of nitrogens with two attached hydrogens (primary N) is 1. The van der Waals surface area contributed by atoms with E-state index in [0.29, 0.717) is 12.1 Å². The predicted molar refractivity (Wildman–Crippen MR) is 124 cm³/mol. The number of hydrogen-bond donors (Lipinski definition) is 1. The van der Waals surface area contributed by atoms with E-state index in [9.17, 15) is 8.42 Å². The van der Waals surface area contributed by atoms with Gasteiger partial charge in [-0.1, -0.05) is 41.6 Å². The zero-order chi connectivity index (χ0) is 21.5. The average molecular weight is 458 g/mol. The first-order valence-corrected chi connectivity index (χ1v) is 11.5. The molecule has 2 heterocycles. The van der Waals surface area contributed by atoms with E-state index in [4.69, 9.17) is 10.3 Å². The molecule has 0 amide bonds. The van der Waals surface area contributed by atoms with Gasteiger partial charge in [0.15, 0.2) is 20.4 Å². The second-order valence-electron chi connectivity index (χ2n) is 7.61. The molecule has 0 bridgehead atoms. The molecule has 8 heteroatoms. The van der Waals surface area contributed by atoms with Gasteiger partial charge in [-0.3, -0.25) is 0 Å². The maximum Gasteiger partial charge on any atom is 0.192 e. The number of hydrogen-bond acceptors (Lipinski definition) is 6. The van der Waals surface area contributed by atoms with E-state index in [2.05, 4.69) is 10.1 Å². The lowest BCUT2D eigenvalue weighted by Crippen LogP contribution is -2.17. The van der Waals surface area contributed by atoms with E-state index < -0.39 is 9.84 Å². The van der Waals surface area contributed by atoms with Crippen LogP contribution < -0.4 is 5.73 Å². The van der Waals surface area contributed by atoms with Gasteiger partial charge in [0.25, 0.3) is 0 Å². The number of aromatic nitrogens is 2. The topological polar surface area (TPSA) is 99.1 Å². The van der Waals surface area contributed by atoms with Crippen LogP contribution in [-0.2, 0) is 16.3 Å². The summed E-state index contributed by atoms with van der Waals surface area (Å²) in [6.07, 6.45) is 1.56. The second kappa shape index (κ2) is 8.78. The van der Waals surface area contributed by atoms with Gasteiger partial charge in [0, 0.05) is 35.4 Å². The van der Waals surface area contributed by atoms with Crippen LogP contribution in [0.25, 0.3) is 22.2 Å². The lowest BCUT2D eigenvalue weighted by Gasteiger charge is -2.17. The van der Waals surface area contributed by atoms with E-state index in [1.807, 2.05) is 56.3 Å². The van der Waals surface area contributed by atoms with E-state index in [-0.39, 0.29) is 23.5 Å². The minimum Gasteiger partial charge on any atom is -0.356 e. The van der Waals surface area contributed by atoms with Gasteiger partial charge in [0.1, 0.15) is 5.69 Å². The fourth-order valence-corrected chi connectivity index (χ4v) is 4.15. The lowest BCUT2D eigenvalue weighted by atomic mass is 9.93. The van der Waals surface area contributed by atoms with Crippen LogP contribution in [0.15, 0.2) is 64.1 Å². The minimum atomic E-state index is -3.39. The summed E-state index contributed by atoms with van der Waals surface area (Å²) in [6.45, 7) is 3.91. The molecule has 0 spiro atoms. The van der Waals surface area contributed by atoms with Crippen molar-refractivity contribution >= 4 is 33.2 Å². The molecule has 4 rings (SSSR count). The number of rotatable bonds is 5. The van der Waals surface area contributed by atoms with Crippen LogP contribution >= 0.6 is 12.4 Å². The van der Waals surface area contributed by atoms with E-state index in [1.165, 1.54) is 6.07 Å². The van der Waals surface area contributed by atoms with E-state index >= 15 is 0 Å². The predicted octanol–water partition coefficient (Wildman–Crippen LogP) is 4.57. The Balaban J connectivity index is 0.00000272. The van der Waals surface area contributed by atoms with Gasteiger partial charge in [-0.2, -0.15) is 0 Å². The molecule has 0 aliphatic rings. The summed E-state index contributed by atoms with van der Waals surface area (Å²) in [5.74, 6) is 0. The minimum absolute atomic E-state index is 0. The maximum atomic E-state index is 11.9. The summed E-state index contributed by atoms with van der Waals surface area (Å²) >= 11 is 0. The average Bonchev–Trinajstić information content (AvgIpc) is 3.11. The van der Waals surface area contributed by atoms with E-state index in [0.717, 1.165) is 45.2 Å². The Morgan fingerprint density at radius 1 is 1.06 bits per heavy atom. The summed E-state index contributed by atoms with van der Waals surface area (Å²) in [5.41, 5.74) is 12.5. The maximum absolute atomic E-state index is 11.9. The summed E-state index contributed by atoms with van der Waals surface area (Å²) in [7, 11) is -3.39. The SMILES string of the molecule is Cc1ccc2c(-c3ccccc3C(N)Cc3nc(S(C)(=O)=O)ccc3C)noc2c1.Cl. The first-order valence-electron chi connectivity index (χ1n) is 9.61. The summed E-state index contributed by atoms with van der Waals surface area (Å²) < 4.78 is 29.3. The highest BCUT2D eigenvalue weighted by Crippen LogP contribution is 2.33. The number of pyridine rings is 1. The molecule has 2 aromatic heterocycles. The molecule has 31 heavy (non-hydrogen) atoms. The van der Waals surface area contributed by atoms with Crippen LogP contribution in [0.3, 0.4) is 0 Å². The standard InChI is InChI=1S/C23H23N3O3S.ClH/c1-14-8-10-18-21(12-14)29-26-23(18)17-7-5-4-6-16(17)19(24)13-20-15(2)9-11-22(25-20)30(3,27)28;/h4-12,19H,13,24H2,1-3H3;1H. The monoisotopic (exact) mass is 457 g/mol. The van der Waals surface area contributed by atoms with Crippen LogP contribution in [0, 0.1) is 13.8 Å². The molecule has 0 aliphatic heterocycles. The summed E-state index contributed by atoms with van der Waals surface area (Å²) in [4.78, 5) is 4.36. The second-order valence-corrected chi connectivity index (χ2v) is 9.58.